The maximum atomic E-state index is 13.2. The maximum Gasteiger partial charge on any atom is 0.297 e. The number of hydrogen-bond donors (Lipinski definition) is 0. The Labute approximate surface area is 171 Å². The van der Waals surface area contributed by atoms with Crippen molar-refractivity contribution in [2.75, 3.05) is 31.1 Å². The van der Waals surface area contributed by atoms with Gasteiger partial charge in [-0.05, 0) is 24.3 Å². The zero-order chi connectivity index (χ0) is 20.6. The van der Waals surface area contributed by atoms with Gasteiger partial charge in [-0.25, -0.2) is 27.2 Å². The van der Waals surface area contributed by atoms with Crippen molar-refractivity contribution in [3.63, 3.8) is 0 Å². The van der Waals surface area contributed by atoms with Crippen LogP contribution in [0.15, 0.2) is 53.4 Å². The summed E-state index contributed by atoms with van der Waals surface area (Å²) in [5, 5.41) is 0.817. The van der Waals surface area contributed by atoms with Crippen molar-refractivity contribution in [3.8, 4) is 0 Å². The molecule has 3 aromatic rings. The monoisotopic (exact) mass is 438 g/mol. The van der Waals surface area contributed by atoms with Crippen molar-refractivity contribution in [1.29, 1.82) is 0 Å². The Balaban J connectivity index is 1.61. The number of rotatable bonds is 4. The second-order valence-corrected chi connectivity index (χ2v) is 8.86. The Hall–Kier alpha value is -2.36. The Morgan fingerprint density at radius 1 is 0.931 bits per heavy atom. The lowest BCUT2D eigenvalue weighted by Crippen LogP contribution is -2.49. The van der Waals surface area contributed by atoms with Gasteiger partial charge in [-0.3, -0.25) is 0 Å². The topological polar surface area (TPSA) is 66.4 Å². The largest absolute Gasteiger partial charge is 0.353 e. The Morgan fingerprint density at radius 2 is 1.59 bits per heavy atom. The molecule has 0 atom stereocenters. The van der Waals surface area contributed by atoms with Crippen LogP contribution < -0.4 is 4.90 Å². The van der Waals surface area contributed by atoms with Crippen LogP contribution in [0.2, 0.25) is 5.02 Å². The van der Waals surface area contributed by atoms with E-state index in [0.29, 0.717) is 29.8 Å². The first kappa shape index (κ1) is 19.9. The van der Waals surface area contributed by atoms with E-state index in [-0.39, 0.29) is 23.0 Å². The molecule has 0 bridgehead atoms. The van der Waals surface area contributed by atoms with E-state index in [2.05, 4.69) is 9.97 Å². The minimum atomic E-state index is -3.74. The van der Waals surface area contributed by atoms with Gasteiger partial charge >= 0.3 is 0 Å². The van der Waals surface area contributed by atoms with Crippen LogP contribution in [-0.2, 0) is 10.0 Å². The van der Waals surface area contributed by atoms with Crippen molar-refractivity contribution in [3.05, 3.63) is 59.4 Å². The van der Waals surface area contributed by atoms with Gasteiger partial charge in [-0.15, -0.1) is 0 Å². The maximum absolute atomic E-state index is 13.2. The third-order valence-electron chi connectivity index (χ3n) is 4.79. The van der Waals surface area contributed by atoms with Gasteiger partial charge in [0.25, 0.3) is 6.43 Å². The first-order valence-electron chi connectivity index (χ1n) is 8.92. The molecule has 0 N–H and O–H groups in total. The van der Waals surface area contributed by atoms with E-state index in [1.165, 1.54) is 16.4 Å². The van der Waals surface area contributed by atoms with Crippen molar-refractivity contribution in [1.82, 2.24) is 14.3 Å². The minimum Gasteiger partial charge on any atom is -0.353 e. The molecule has 6 nitrogen and oxygen atoms in total. The summed E-state index contributed by atoms with van der Waals surface area (Å²) in [5.41, 5.74) is 0.430. The molecule has 4 rings (SSSR count). The number of anilines is 1. The van der Waals surface area contributed by atoms with Crippen LogP contribution >= 0.6 is 11.6 Å². The molecule has 1 saturated heterocycles. The molecule has 29 heavy (non-hydrogen) atoms. The summed E-state index contributed by atoms with van der Waals surface area (Å²) in [7, 11) is -3.74. The predicted octanol–water partition coefficient (Wildman–Crippen LogP) is 3.73. The Morgan fingerprint density at radius 3 is 2.28 bits per heavy atom. The number of sulfonamides is 1. The van der Waals surface area contributed by atoms with Crippen molar-refractivity contribution in [2.24, 2.45) is 0 Å². The van der Waals surface area contributed by atoms with Gasteiger partial charge in [-0.2, -0.15) is 4.31 Å². The van der Waals surface area contributed by atoms with Gasteiger partial charge in [-0.1, -0.05) is 35.9 Å². The summed E-state index contributed by atoms with van der Waals surface area (Å²) in [6.45, 7) is 1.01. The number of piperazine rings is 1. The van der Waals surface area contributed by atoms with Crippen LogP contribution in [0.3, 0.4) is 0 Å². The standard InChI is InChI=1S/C19H17ClF2N4O2S/c20-14-6-2-4-8-16(14)29(27,28)26-11-9-25(10-12-26)19-13-5-1-3-7-15(13)23-18(24-19)17(21)22/h1-8,17H,9-12H2. The number of nitrogens with zero attached hydrogens (tertiary/aromatic N) is 4. The number of aromatic nitrogens is 2. The highest BCUT2D eigenvalue weighted by atomic mass is 35.5. The number of para-hydroxylation sites is 1. The second-order valence-electron chi connectivity index (χ2n) is 6.54. The molecule has 152 valence electrons. The lowest BCUT2D eigenvalue weighted by atomic mass is 10.2. The fourth-order valence-electron chi connectivity index (χ4n) is 3.35. The van der Waals surface area contributed by atoms with Gasteiger partial charge in [0.1, 0.15) is 10.7 Å². The second kappa shape index (κ2) is 7.81. The summed E-state index contributed by atoms with van der Waals surface area (Å²) in [5.74, 6) is -0.148. The van der Waals surface area contributed by atoms with Crippen LogP contribution in [0, 0.1) is 0 Å². The summed E-state index contributed by atoms with van der Waals surface area (Å²) < 4.78 is 53.6. The number of hydrogen-bond acceptors (Lipinski definition) is 5. The van der Waals surface area contributed by atoms with Gasteiger partial charge in [0.2, 0.25) is 10.0 Å². The van der Waals surface area contributed by atoms with E-state index < -0.39 is 22.3 Å². The molecule has 1 aliphatic rings. The molecule has 0 spiro atoms. The third-order valence-corrected chi connectivity index (χ3v) is 7.19. The van der Waals surface area contributed by atoms with Crippen molar-refractivity contribution in [2.45, 2.75) is 11.3 Å². The zero-order valence-electron chi connectivity index (χ0n) is 15.2. The summed E-state index contributed by atoms with van der Waals surface area (Å²) in [6.07, 6.45) is -2.79. The molecule has 2 aromatic carbocycles. The van der Waals surface area contributed by atoms with Crippen LogP contribution in [0.4, 0.5) is 14.6 Å². The summed E-state index contributed by atoms with van der Waals surface area (Å²) in [6, 6.07) is 13.2. The molecule has 1 fully saturated rings. The van der Waals surface area contributed by atoms with E-state index in [9.17, 15) is 17.2 Å². The van der Waals surface area contributed by atoms with E-state index >= 15 is 0 Å². The minimum absolute atomic E-state index is 0.0580. The van der Waals surface area contributed by atoms with Gasteiger partial charge in [0.05, 0.1) is 10.5 Å². The number of halogens is 3. The lowest BCUT2D eigenvalue weighted by molar-refractivity contribution is 0.141. The van der Waals surface area contributed by atoms with Gasteiger partial charge in [0.15, 0.2) is 5.82 Å². The normalized spacial score (nSPS) is 15.9. The first-order valence-corrected chi connectivity index (χ1v) is 10.7. The smallest absolute Gasteiger partial charge is 0.297 e. The zero-order valence-corrected chi connectivity index (χ0v) is 16.7. The first-order chi connectivity index (χ1) is 13.9. The van der Waals surface area contributed by atoms with Gasteiger partial charge in [0, 0.05) is 31.6 Å². The van der Waals surface area contributed by atoms with E-state index in [1.807, 2.05) is 4.90 Å². The molecule has 1 aromatic heterocycles. The molecule has 0 unspecified atom stereocenters. The molecular weight excluding hydrogens is 422 g/mol. The summed E-state index contributed by atoms with van der Waals surface area (Å²) in [4.78, 5) is 9.86. The van der Waals surface area contributed by atoms with Crippen LogP contribution in [0.25, 0.3) is 10.9 Å². The lowest BCUT2D eigenvalue weighted by Gasteiger charge is -2.35. The highest BCUT2D eigenvalue weighted by Crippen LogP contribution is 2.29. The highest BCUT2D eigenvalue weighted by Gasteiger charge is 2.31. The fourth-order valence-corrected chi connectivity index (χ4v) is 5.26. The molecule has 0 saturated carbocycles. The number of fused-ring (bicyclic) bond motifs is 1. The van der Waals surface area contributed by atoms with E-state index in [4.69, 9.17) is 11.6 Å². The molecule has 2 heterocycles. The Kier molecular flexibility index (Phi) is 5.37. The van der Waals surface area contributed by atoms with Crippen LogP contribution in [-0.4, -0.2) is 48.9 Å². The molecule has 1 aliphatic heterocycles. The molecular formula is C19H17ClF2N4O2S. The average Bonchev–Trinajstić information content (AvgIpc) is 2.73. The van der Waals surface area contributed by atoms with Crippen LogP contribution in [0.5, 0.6) is 0 Å². The molecule has 0 aliphatic carbocycles. The third kappa shape index (κ3) is 3.77. The van der Waals surface area contributed by atoms with E-state index in [0.717, 1.165) is 0 Å². The number of alkyl halides is 2. The average molecular weight is 439 g/mol. The van der Waals surface area contributed by atoms with Crippen molar-refractivity contribution >= 4 is 38.3 Å². The SMILES string of the molecule is O=S(=O)(c1ccccc1Cl)N1CCN(c2nc(C(F)F)nc3ccccc23)CC1. The Bertz CT molecular complexity index is 1150. The van der Waals surface area contributed by atoms with E-state index in [1.54, 1.807) is 36.4 Å². The van der Waals surface area contributed by atoms with Crippen LogP contribution in [0.1, 0.15) is 12.2 Å². The number of benzene rings is 2. The van der Waals surface area contributed by atoms with Crippen molar-refractivity contribution < 1.29 is 17.2 Å². The molecule has 10 heteroatoms. The molecule has 0 radical (unpaired) electrons. The predicted molar refractivity (Wildman–Crippen MR) is 107 cm³/mol. The molecule has 0 amide bonds. The fraction of sp³-hybridized carbons (Fsp3) is 0.263. The van der Waals surface area contributed by atoms with Gasteiger partial charge < -0.3 is 4.90 Å². The quantitative estimate of drug-likeness (QED) is 0.621. The summed E-state index contributed by atoms with van der Waals surface area (Å²) >= 11 is 6.06. The highest BCUT2D eigenvalue weighted by molar-refractivity contribution is 7.89.